The summed E-state index contributed by atoms with van der Waals surface area (Å²) < 4.78 is 0. The monoisotopic (exact) mass is 416 g/mol. The van der Waals surface area contributed by atoms with Crippen LogP contribution in [0.3, 0.4) is 0 Å². The molecule has 3 aliphatic rings. The quantitative estimate of drug-likeness (QED) is 0.732. The molecule has 2 heterocycles. The fourth-order valence-electron chi connectivity index (χ4n) is 4.52. The molecule has 2 N–H and O–H groups in total. The number of halogens is 3. The lowest BCUT2D eigenvalue weighted by atomic mass is 9.67. The molecule has 3 atom stereocenters. The maximum Gasteiger partial charge on any atom is 0.228 e. The second-order valence-electron chi connectivity index (χ2n) is 7.71. The first kappa shape index (κ1) is 25.2. The predicted octanol–water partition coefficient (Wildman–Crippen LogP) is 1.78. The molecule has 25 heavy (non-hydrogen) atoms. The molecule has 0 spiro atoms. The minimum Gasteiger partial charge on any atom is -0.352 e. The van der Waals surface area contributed by atoms with Crippen molar-refractivity contribution in [3.8, 4) is 0 Å². The van der Waals surface area contributed by atoms with Gasteiger partial charge in [0.2, 0.25) is 5.91 Å². The van der Waals surface area contributed by atoms with E-state index in [1.165, 1.54) is 19.3 Å². The third kappa shape index (κ3) is 5.85. The summed E-state index contributed by atoms with van der Waals surface area (Å²) in [5.41, 5.74) is -0.116. The molecule has 8 heteroatoms. The molecular formula is C17H35Cl3N4O. The summed E-state index contributed by atoms with van der Waals surface area (Å²) >= 11 is 0. The van der Waals surface area contributed by atoms with E-state index in [4.69, 9.17) is 0 Å². The van der Waals surface area contributed by atoms with Crippen LogP contribution in [0.4, 0.5) is 0 Å². The van der Waals surface area contributed by atoms with Crippen molar-refractivity contribution in [3.63, 3.8) is 0 Å². The minimum absolute atomic E-state index is 0. The van der Waals surface area contributed by atoms with Crippen LogP contribution < -0.4 is 10.6 Å². The standard InChI is InChI=1S/C17H32N4O.3ClH/c1-14(12-21-9-7-20(2)8-10-21)19-16(22)17-6-4-3-5-15(17)11-18-13-17;;;/h14-15,18H,3-13H2,1-2H3,(H,19,22);3*1H/t14?,15-,17+;;;/m0.../s1. The molecule has 1 saturated carbocycles. The Morgan fingerprint density at radius 3 is 2.56 bits per heavy atom. The second-order valence-corrected chi connectivity index (χ2v) is 7.71. The van der Waals surface area contributed by atoms with Gasteiger partial charge in [-0.1, -0.05) is 12.8 Å². The van der Waals surface area contributed by atoms with Crippen LogP contribution in [0.25, 0.3) is 0 Å². The van der Waals surface area contributed by atoms with Gasteiger partial charge in [-0.2, -0.15) is 0 Å². The van der Waals surface area contributed by atoms with E-state index >= 15 is 0 Å². The number of carbonyl (C=O) groups excluding carboxylic acids is 1. The SMILES string of the molecule is CC(CN1CCN(C)CC1)NC(=O)[C@@]12CCCC[C@H]1CNC2.Cl.Cl.Cl. The molecule has 0 aromatic carbocycles. The average Bonchev–Trinajstić information content (AvgIpc) is 2.94. The maximum absolute atomic E-state index is 12.9. The van der Waals surface area contributed by atoms with Crippen LogP contribution in [-0.4, -0.2) is 74.6 Å². The summed E-state index contributed by atoms with van der Waals surface area (Å²) in [6.07, 6.45) is 4.78. The summed E-state index contributed by atoms with van der Waals surface area (Å²) in [5, 5.41) is 6.80. The van der Waals surface area contributed by atoms with Crippen molar-refractivity contribution in [2.45, 2.75) is 38.6 Å². The van der Waals surface area contributed by atoms with Crippen LogP contribution >= 0.6 is 37.2 Å². The van der Waals surface area contributed by atoms with Gasteiger partial charge < -0.3 is 15.5 Å². The highest BCUT2D eigenvalue weighted by Gasteiger charge is 2.49. The first-order valence-electron chi connectivity index (χ1n) is 9.03. The third-order valence-corrected chi connectivity index (χ3v) is 6.00. The van der Waals surface area contributed by atoms with Crippen LogP contribution in [0.1, 0.15) is 32.6 Å². The summed E-state index contributed by atoms with van der Waals surface area (Å²) in [7, 11) is 2.18. The van der Waals surface area contributed by atoms with Gasteiger partial charge in [0.05, 0.1) is 5.41 Å². The van der Waals surface area contributed by atoms with Gasteiger partial charge in [0, 0.05) is 45.3 Å². The molecule has 0 aromatic rings. The Morgan fingerprint density at radius 2 is 1.88 bits per heavy atom. The number of hydrogen-bond donors (Lipinski definition) is 2. The number of hydrogen-bond acceptors (Lipinski definition) is 4. The van der Waals surface area contributed by atoms with Gasteiger partial charge in [-0.25, -0.2) is 0 Å². The Morgan fingerprint density at radius 1 is 1.20 bits per heavy atom. The molecule has 150 valence electrons. The molecule has 3 fully saturated rings. The molecular weight excluding hydrogens is 383 g/mol. The summed E-state index contributed by atoms with van der Waals surface area (Å²) in [6, 6.07) is 0.244. The fourth-order valence-corrected chi connectivity index (χ4v) is 4.52. The van der Waals surface area contributed by atoms with Crippen molar-refractivity contribution in [1.29, 1.82) is 0 Å². The molecule has 2 aliphatic heterocycles. The Kier molecular flexibility index (Phi) is 11.2. The Hall–Kier alpha value is 0.220. The molecule has 1 unspecified atom stereocenters. The lowest BCUT2D eigenvalue weighted by Gasteiger charge is -2.39. The normalized spacial score (nSPS) is 30.9. The molecule has 5 nitrogen and oxygen atoms in total. The largest absolute Gasteiger partial charge is 0.352 e. The number of nitrogens with one attached hydrogen (secondary N) is 2. The molecule has 0 aromatic heterocycles. The molecule has 1 aliphatic carbocycles. The number of nitrogens with zero attached hydrogens (tertiary/aromatic N) is 2. The summed E-state index contributed by atoms with van der Waals surface area (Å²) in [4.78, 5) is 17.8. The van der Waals surface area contributed by atoms with E-state index in [1.807, 2.05) is 0 Å². The molecule has 0 radical (unpaired) electrons. The lowest BCUT2D eigenvalue weighted by Crippen LogP contribution is -2.54. The van der Waals surface area contributed by atoms with Gasteiger partial charge in [-0.05, 0) is 39.3 Å². The van der Waals surface area contributed by atoms with Gasteiger partial charge >= 0.3 is 0 Å². The Balaban J connectivity index is 0.00000192. The van der Waals surface area contributed by atoms with Crippen LogP contribution in [0, 0.1) is 11.3 Å². The Labute approximate surface area is 171 Å². The Bertz CT molecular complexity index is 407. The van der Waals surface area contributed by atoms with E-state index < -0.39 is 0 Å². The number of amides is 1. The molecule has 1 amide bonds. The topological polar surface area (TPSA) is 47.6 Å². The highest BCUT2D eigenvalue weighted by atomic mass is 35.5. The van der Waals surface area contributed by atoms with Crippen molar-refractivity contribution in [3.05, 3.63) is 0 Å². The average molecular weight is 418 g/mol. The van der Waals surface area contributed by atoms with Gasteiger partial charge in [-0.3, -0.25) is 9.69 Å². The number of likely N-dealkylation sites (N-methyl/N-ethyl adjacent to an activating group) is 1. The fraction of sp³-hybridized carbons (Fsp3) is 0.941. The maximum atomic E-state index is 12.9. The van der Waals surface area contributed by atoms with E-state index in [0.29, 0.717) is 11.8 Å². The van der Waals surface area contributed by atoms with Crippen molar-refractivity contribution in [1.82, 2.24) is 20.4 Å². The van der Waals surface area contributed by atoms with Crippen molar-refractivity contribution >= 4 is 43.1 Å². The van der Waals surface area contributed by atoms with Gasteiger partial charge in [0.1, 0.15) is 0 Å². The number of fused-ring (bicyclic) bond motifs is 1. The van der Waals surface area contributed by atoms with E-state index in [2.05, 4.69) is 34.4 Å². The highest BCUT2D eigenvalue weighted by molar-refractivity contribution is 5.86. The smallest absolute Gasteiger partial charge is 0.228 e. The predicted molar refractivity (Wildman–Crippen MR) is 111 cm³/mol. The van der Waals surface area contributed by atoms with Crippen LogP contribution in [0.2, 0.25) is 0 Å². The summed E-state index contributed by atoms with van der Waals surface area (Å²) in [6.45, 7) is 9.55. The second kappa shape index (κ2) is 11.2. The molecule has 2 saturated heterocycles. The first-order valence-corrected chi connectivity index (χ1v) is 9.03. The molecule has 3 rings (SSSR count). The van der Waals surface area contributed by atoms with Crippen molar-refractivity contribution < 1.29 is 4.79 Å². The highest BCUT2D eigenvalue weighted by Crippen LogP contribution is 2.43. The zero-order chi connectivity index (χ0) is 15.6. The van der Waals surface area contributed by atoms with E-state index in [9.17, 15) is 4.79 Å². The number of piperazine rings is 1. The van der Waals surface area contributed by atoms with Gasteiger partial charge in [0.25, 0.3) is 0 Å². The summed E-state index contributed by atoms with van der Waals surface area (Å²) in [5.74, 6) is 0.862. The van der Waals surface area contributed by atoms with Gasteiger partial charge in [0.15, 0.2) is 0 Å². The zero-order valence-corrected chi connectivity index (χ0v) is 17.9. The lowest BCUT2D eigenvalue weighted by molar-refractivity contribution is -0.134. The van der Waals surface area contributed by atoms with Crippen LogP contribution in [0.5, 0.6) is 0 Å². The third-order valence-electron chi connectivity index (χ3n) is 6.00. The van der Waals surface area contributed by atoms with Crippen LogP contribution in [-0.2, 0) is 4.79 Å². The minimum atomic E-state index is -0.116. The number of carbonyl (C=O) groups is 1. The van der Waals surface area contributed by atoms with Gasteiger partial charge in [-0.15, -0.1) is 37.2 Å². The van der Waals surface area contributed by atoms with Crippen molar-refractivity contribution in [2.24, 2.45) is 11.3 Å². The van der Waals surface area contributed by atoms with Crippen molar-refractivity contribution in [2.75, 3.05) is 52.9 Å². The number of rotatable bonds is 4. The zero-order valence-electron chi connectivity index (χ0n) is 15.5. The first-order chi connectivity index (χ1) is 10.6. The van der Waals surface area contributed by atoms with E-state index in [-0.39, 0.29) is 48.7 Å². The molecule has 0 bridgehead atoms. The van der Waals surface area contributed by atoms with E-state index in [0.717, 1.165) is 52.2 Å². The van der Waals surface area contributed by atoms with E-state index in [1.54, 1.807) is 0 Å². The van der Waals surface area contributed by atoms with Crippen LogP contribution in [0.15, 0.2) is 0 Å².